The van der Waals surface area contributed by atoms with Gasteiger partial charge in [-0.05, 0) is 66.8 Å². The van der Waals surface area contributed by atoms with Crippen LogP contribution in [0.1, 0.15) is 42.7 Å². The van der Waals surface area contributed by atoms with E-state index in [1.807, 2.05) is 60.7 Å². The Hall–Kier alpha value is -2.83. The molecule has 4 heteroatoms. The number of hydrogen-bond acceptors (Lipinski definition) is 3. The number of para-hydroxylation sites is 1. The molecule has 0 aliphatic heterocycles. The maximum Gasteiger partial charge on any atom is 0.147 e. The van der Waals surface area contributed by atoms with Gasteiger partial charge in [-0.1, -0.05) is 42.6 Å². The average Bonchev–Trinajstić information content (AvgIpc) is 3.23. The number of hydrogen-bond donors (Lipinski definition) is 0. The number of aromatic nitrogens is 1. The first-order valence-corrected chi connectivity index (χ1v) is 9.56. The zero-order chi connectivity index (χ0) is 18.6. The Morgan fingerprint density at radius 3 is 2.30 bits per heavy atom. The second-order valence-corrected chi connectivity index (χ2v) is 7.15. The lowest BCUT2D eigenvalue weighted by Crippen LogP contribution is -2.00. The van der Waals surface area contributed by atoms with Crippen LogP contribution in [0.15, 0.2) is 60.7 Å². The molecule has 134 valence electrons. The topological polar surface area (TPSA) is 45.9 Å². The lowest BCUT2D eigenvalue weighted by molar-refractivity contribution is 0.483. The molecule has 0 unspecified atom stereocenters. The van der Waals surface area contributed by atoms with Gasteiger partial charge in [0.05, 0.1) is 11.3 Å². The molecular weight excluding hydrogens is 356 g/mol. The first-order chi connectivity index (χ1) is 13.2. The Labute approximate surface area is 164 Å². The first-order valence-electron chi connectivity index (χ1n) is 9.18. The second kappa shape index (κ2) is 7.82. The van der Waals surface area contributed by atoms with E-state index >= 15 is 0 Å². The number of rotatable bonds is 4. The van der Waals surface area contributed by atoms with Crippen molar-refractivity contribution in [3.05, 3.63) is 76.9 Å². The molecule has 1 saturated carbocycles. The van der Waals surface area contributed by atoms with E-state index in [0.717, 1.165) is 41.2 Å². The largest absolute Gasteiger partial charge is 0.457 e. The van der Waals surface area contributed by atoms with E-state index in [2.05, 4.69) is 11.1 Å². The molecule has 1 aliphatic carbocycles. The molecule has 1 aromatic heterocycles. The zero-order valence-corrected chi connectivity index (χ0v) is 15.6. The number of benzene rings is 2. The minimum Gasteiger partial charge on any atom is -0.457 e. The van der Waals surface area contributed by atoms with E-state index in [-0.39, 0.29) is 0 Å². The number of halogens is 1. The quantitative estimate of drug-likeness (QED) is 0.476. The van der Waals surface area contributed by atoms with Crippen molar-refractivity contribution in [2.75, 3.05) is 0 Å². The Balaban J connectivity index is 1.64. The van der Waals surface area contributed by atoms with Crippen molar-refractivity contribution in [1.82, 2.24) is 4.98 Å². The maximum absolute atomic E-state index is 9.51. The standard InChI is InChI=1S/C23H19ClN2O/c24-23-21(15-25)20(16-6-4-5-7-16)14-22(26-23)17-10-12-19(13-11-17)27-18-8-2-1-3-9-18/h1-3,8-14,16H,4-7H2. The molecule has 0 N–H and O–H groups in total. The van der Waals surface area contributed by atoms with Crippen molar-refractivity contribution in [2.24, 2.45) is 0 Å². The summed E-state index contributed by atoms with van der Waals surface area (Å²) in [5.41, 5.74) is 3.32. The first kappa shape index (κ1) is 17.6. The lowest BCUT2D eigenvalue weighted by atomic mass is 9.93. The van der Waals surface area contributed by atoms with Crippen LogP contribution < -0.4 is 4.74 Å². The molecule has 1 heterocycles. The van der Waals surface area contributed by atoms with Crippen LogP contribution >= 0.6 is 11.6 Å². The number of nitriles is 1. The van der Waals surface area contributed by atoms with E-state index in [1.54, 1.807) is 0 Å². The van der Waals surface area contributed by atoms with Gasteiger partial charge in [0.2, 0.25) is 0 Å². The highest BCUT2D eigenvalue weighted by molar-refractivity contribution is 6.30. The van der Waals surface area contributed by atoms with Gasteiger partial charge in [-0.25, -0.2) is 4.98 Å². The van der Waals surface area contributed by atoms with Crippen LogP contribution in [-0.4, -0.2) is 4.98 Å². The summed E-state index contributed by atoms with van der Waals surface area (Å²) >= 11 is 6.34. The van der Waals surface area contributed by atoms with E-state index in [1.165, 1.54) is 12.8 Å². The van der Waals surface area contributed by atoms with E-state index in [4.69, 9.17) is 16.3 Å². The highest BCUT2D eigenvalue weighted by atomic mass is 35.5. The van der Waals surface area contributed by atoms with Crippen molar-refractivity contribution in [3.63, 3.8) is 0 Å². The van der Waals surface area contributed by atoms with Crippen LogP contribution in [0.3, 0.4) is 0 Å². The van der Waals surface area contributed by atoms with Gasteiger partial charge in [-0.3, -0.25) is 0 Å². The minimum atomic E-state index is 0.293. The third-order valence-corrected chi connectivity index (χ3v) is 5.32. The highest BCUT2D eigenvalue weighted by Gasteiger charge is 2.23. The highest BCUT2D eigenvalue weighted by Crippen LogP contribution is 2.39. The number of ether oxygens (including phenoxy) is 1. The SMILES string of the molecule is N#Cc1c(C2CCCC2)cc(-c2ccc(Oc3ccccc3)cc2)nc1Cl. The second-order valence-electron chi connectivity index (χ2n) is 6.80. The summed E-state index contributed by atoms with van der Waals surface area (Å²) in [4.78, 5) is 4.46. The fourth-order valence-corrected chi connectivity index (χ4v) is 3.91. The van der Waals surface area contributed by atoms with Crippen molar-refractivity contribution in [2.45, 2.75) is 31.6 Å². The fraction of sp³-hybridized carbons (Fsp3) is 0.217. The molecule has 0 saturated heterocycles. The molecule has 0 atom stereocenters. The third kappa shape index (κ3) is 3.82. The smallest absolute Gasteiger partial charge is 0.147 e. The van der Waals surface area contributed by atoms with Crippen LogP contribution in [0.4, 0.5) is 0 Å². The van der Waals surface area contributed by atoms with E-state index in [9.17, 15) is 5.26 Å². The zero-order valence-electron chi connectivity index (χ0n) is 14.9. The van der Waals surface area contributed by atoms with Gasteiger partial charge in [0.1, 0.15) is 22.7 Å². The van der Waals surface area contributed by atoms with Crippen molar-refractivity contribution < 1.29 is 4.74 Å². The Bertz CT molecular complexity index is 972. The fourth-order valence-electron chi connectivity index (χ4n) is 3.67. The molecule has 0 spiro atoms. The lowest BCUT2D eigenvalue weighted by Gasteiger charge is -2.14. The van der Waals surface area contributed by atoms with Gasteiger partial charge < -0.3 is 4.74 Å². The molecule has 2 aromatic carbocycles. The minimum absolute atomic E-state index is 0.293. The number of nitrogens with zero attached hydrogens (tertiary/aromatic N) is 2. The molecule has 0 radical (unpaired) electrons. The van der Waals surface area contributed by atoms with Crippen LogP contribution in [0.2, 0.25) is 5.15 Å². The third-order valence-electron chi connectivity index (χ3n) is 5.04. The summed E-state index contributed by atoms with van der Waals surface area (Å²) in [6.45, 7) is 0. The Morgan fingerprint density at radius 2 is 1.63 bits per heavy atom. The maximum atomic E-state index is 9.51. The van der Waals surface area contributed by atoms with Crippen LogP contribution in [-0.2, 0) is 0 Å². The number of pyridine rings is 1. The van der Waals surface area contributed by atoms with E-state index < -0.39 is 0 Å². The van der Waals surface area contributed by atoms with Crippen molar-refractivity contribution in [1.29, 1.82) is 5.26 Å². The van der Waals surface area contributed by atoms with Crippen LogP contribution in [0.5, 0.6) is 11.5 Å². The predicted molar refractivity (Wildman–Crippen MR) is 107 cm³/mol. The van der Waals surface area contributed by atoms with Gasteiger partial charge in [0.25, 0.3) is 0 Å². The molecule has 1 fully saturated rings. The Morgan fingerprint density at radius 1 is 0.963 bits per heavy atom. The van der Waals surface area contributed by atoms with Gasteiger partial charge in [-0.2, -0.15) is 5.26 Å². The molecule has 3 nitrogen and oxygen atoms in total. The molecule has 1 aliphatic rings. The summed E-state index contributed by atoms with van der Waals surface area (Å²) in [5, 5.41) is 9.80. The van der Waals surface area contributed by atoms with Gasteiger partial charge in [0, 0.05) is 5.56 Å². The molecular formula is C23H19ClN2O. The van der Waals surface area contributed by atoms with E-state index in [0.29, 0.717) is 16.6 Å². The summed E-state index contributed by atoms with van der Waals surface area (Å²) in [6.07, 6.45) is 4.63. The monoisotopic (exact) mass is 374 g/mol. The molecule has 0 amide bonds. The van der Waals surface area contributed by atoms with Gasteiger partial charge in [0.15, 0.2) is 0 Å². The molecule has 4 rings (SSSR count). The van der Waals surface area contributed by atoms with Gasteiger partial charge in [-0.15, -0.1) is 0 Å². The summed E-state index contributed by atoms with van der Waals surface area (Å²) in [5.74, 6) is 1.97. The molecule has 27 heavy (non-hydrogen) atoms. The van der Waals surface area contributed by atoms with Crippen LogP contribution in [0, 0.1) is 11.3 Å². The van der Waals surface area contributed by atoms with Crippen molar-refractivity contribution in [3.8, 4) is 28.8 Å². The van der Waals surface area contributed by atoms with Crippen molar-refractivity contribution >= 4 is 11.6 Å². The molecule has 0 bridgehead atoms. The molecule has 3 aromatic rings. The Kier molecular flexibility index (Phi) is 5.09. The predicted octanol–water partition coefficient (Wildman–Crippen LogP) is 6.72. The van der Waals surface area contributed by atoms with Gasteiger partial charge >= 0.3 is 0 Å². The summed E-state index contributed by atoms with van der Waals surface area (Å²) < 4.78 is 5.84. The summed E-state index contributed by atoms with van der Waals surface area (Å²) in [6, 6.07) is 21.7. The normalized spacial score (nSPS) is 14.1. The summed E-state index contributed by atoms with van der Waals surface area (Å²) in [7, 11) is 0. The van der Waals surface area contributed by atoms with Crippen LogP contribution in [0.25, 0.3) is 11.3 Å². The average molecular weight is 375 g/mol.